The first kappa shape index (κ1) is 11.4. The van der Waals surface area contributed by atoms with Crippen molar-refractivity contribution < 1.29 is 18.7 Å². The van der Waals surface area contributed by atoms with E-state index in [1.54, 1.807) is 0 Å². The fourth-order valence-electron chi connectivity index (χ4n) is 1.51. The second-order valence-corrected chi connectivity index (χ2v) is 3.97. The molecule has 3 nitrogen and oxygen atoms in total. The van der Waals surface area contributed by atoms with Crippen LogP contribution >= 0.6 is 0 Å². The quantitative estimate of drug-likeness (QED) is 0.693. The third-order valence-electron chi connectivity index (χ3n) is 2.58. The first-order valence-corrected chi connectivity index (χ1v) is 4.67. The number of hydrogen-bond donors (Lipinski definition) is 1. The SMILES string of the molecule is CC1CCN(C(=O)C(C)(F)F)CC1O. The Balaban J connectivity index is 2.59. The van der Waals surface area contributed by atoms with Crippen LogP contribution in [0.5, 0.6) is 0 Å². The monoisotopic (exact) mass is 207 g/mol. The Morgan fingerprint density at radius 1 is 1.57 bits per heavy atom. The van der Waals surface area contributed by atoms with Crippen LogP contribution in [0, 0.1) is 5.92 Å². The van der Waals surface area contributed by atoms with Crippen molar-refractivity contribution in [2.45, 2.75) is 32.3 Å². The van der Waals surface area contributed by atoms with Crippen LogP contribution in [-0.2, 0) is 4.79 Å². The van der Waals surface area contributed by atoms with Gasteiger partial charge in [0.15, 0.2) is 0 Å². The van der Waals surface area contributed by atoms with Crippen LogP contribution in [0.15, 0.2) is 0 Å². The van der Waals surface area contributed by atoms with Gasteiger partial charge in [0.25, 0.3) is 5.91 Å². The molecule has 0 saturated carbocycles. The maximum Gasteiger partial charge on any atom is 0.322 e. The standard InChI is InChI=1S/C9H15F2NO2/c1-6-3-4-12(5-7(6)13)8(14)9(2,10)11/h6-7,13H,3-5H2,1-2H3. The van der Waals surface area contributed by atoms with Gasteiger partial charge in [-0.1, -0.05) is 6.92 Å². The predicted octanol–water partition coefficient (Wildman–Crippen LogP) is 0.871. The first-order chi connectivity index (χ1) is 6.32. The number of nitrogens with zero attached hydrogens (tertiary/aromatic N) is 1. The number of amides is 1. The molecule has 1 N–H and O–H groups in total. The number of aliphatic hydroxyl groups excluding tert-OH is 1. The van der Waals surface area contributed by atoms with E-state index in [0.717, 1.165) is 4.90 Å². The molecule has 1 aliphatic rings. The maximum atomic E-state index is 12.7. The van der Waals surface area contributed by atoms with Gasteiger partial charge in [-0.05, 0) is 12.3 Å². The topological polar surface area (TPSA) is 40.5 Å². The predicted molar refractivity (Wildman–Crippen MR) is 47.0 cm³/mol. The second-order valence-electron chi connectivity index (χ2n) is 3.97. The molecule has 0 aromatic heterocycles. The van der Waals surface area contributed by atoms with E-state index in [-0.39, 0.29) is 12.5 Å². The van der Waals surface area contributed by atoms with Gasteiger partial charge in [0, 0.05) is 20.0 Å². The van der Waals surface area contributed by atoms with E-state index in [1.807, 2.05) is 6.92 Å². The summed E-state index contributed by atoms with van der Waals surface area (Å²) in [6.45, 7) is 2.75. The van der Waals surface area contributed by atoms with Gasteiger partial charge in [-0.3, -0.25) is 4.79 Å². The molecule has 1 fully saturated rings. The normalized spacial score (nSPS) is 29.1. The van der Waals surface area contributed by atoms with Gasteiger partial charge >= 0.3 is 5.92 Å². The minimum absolute atomic E-state index is 0.0173. The van der Waals surface area contributed by atoms with Gasteiger partial charge < -0.3 is 10.0 Å². The van der Waals surface area contributed by atoms with Crippen molar-refractivity contribution in [1.82, 2.24) is 4.90 Å². The first-order valence-electron chi connectivity index (χ1n) is 4.67. The van der Waals surface area contributed by atoms with E-state index < -0.39 is 17.9 Å². The van der Waals surface area contributed by atoms with Gasteiger partial charge in [0.2, 0.25) is 0 Å². The molecule has 2 unspecified atom stereocenters. The molecule has 0 aromatic carbocycles. The molecule has 1 saturated heterocycles. The summed E-state index contributed by atoms with van der Waals surface area (Å²) in [7, 11) is 0. The summed E-state index contributed by atoms with van der Waals surface area (Å²) >= 11 is 0. The maximum absolute atomic E-state index is 12.7. The van der Waals surface area contributed by atoms with Crippen LogP contribution in [0.4, 0.5) is 8.78 Å². The van der Waals surface area contributed by atoms with E-state index >= 15 is 0 Å². The zero-order valence-corrected chi connectivity index (χ0v) is 8.33. The van der Waals surface area contributed by atoms with Gasteiger partial charge in [-0.25, -0.2) is 0 Å². The number of rotatable bonds is 1. The zero-order valence-electron chi connectivity index (χ0n) is 8.33. The number of alkyl halides is 2. The van der Waals surface area contributed by atoms with Crippen molar-refractivity contribution in [3.05, 3.63) is 0 Å². The van der Waals surface area contributed by atoms with E-state index in [2.05, 4.69) is 0 Å². The molecule has 2 atom stereocenters. The molecular formula is C9H15F2NO2. The van der Waals surface area contributed by atoms with Gasteiger partial charge in [-0.15, -0.1) is 0 Å². The fourth-order valence-corrected chi connectivity index (χ4v) is 1.51. The lowest BCUT2D eigenvalue weighted by Gasteiger charge is -2.35. The highest BCUT2D eigenvalue weighted by atomic mass is 19.3. The third kappa shape index (κ3) is 2.41. The zero-order chi connectivity index (χ0) is 10.9. The van der Waals surface area contributed by atoms with Crippen LogP contribution in [0.3, 0.4) is 0 Å². The molecule has 82 valence electrons. The summed E-state index contributed by atoms with van der Waals surface area (Å²) in [5, 5.41) is 9.42. The smallest absolute Gasteiger partial charge is 0.322 e. The number of halogens is 2. The van der Waals surface area contributed by atoms with Crippen molar-refractivity contribution in [2.75, 3.05) is 13.1 Å². The molecule has 0 bridgehead atoms. The Morgan fingerprint density at radius 2 is 2.14 bits per heavy atom. The van der Waals surface area contributed by atoms with Crippen molar-refractivity contribution in [1.29, 1.82) is 0 Å². The van der Waals surface area contributed by atoms with Crippen LogP contribution in [0.2, 0.25) is 0 Å². The number of likely N-dealkylation sites (tertiary alicyclic amines) is 1. The molecular weight excluding hydrogens is 192 g/mol. The number of carbonyl (C=O) groups excluding carboxylic acids is 1. The van der Waals surface area contributed by atoms with Crippen LogP contribution in [0.25, 0.3) is 0 Å². The number of β-amino-alcohol motifs (C(OH)–C–C–N with tert-alkyl or cyclic N) is 1. The molecule has 14 heavy (non-hydrogen) atoms. The van der Waals surface area contributed by atoms with Crippen LogP contribution < -0.4 is 0 Å². The molecule has 0 aromatic rings. The summed E-state index contributed by atoms with van der Waals surface area (Å²) < 4.78 is 25.3. The van der Waals surface area contributed by atoms with Gasteiger partial charge in [-0.2, -0.15) is 8.78 Å². The van der Waals surface area contributed by atoms with Gasteiger partial charge in [0.05, 0.1) is 6.10 Å². The lowest BCUT2D eigenvalue weighted by atomic mass is 9.96. The molecule has 0 spiro atoms. The molecule has 1 amide bonds. The highest BCUT2D eigenvalue weighted by molar-refractivity contribution is 5.83. The Hall–Kier alpha value is -0.710. The number of hydrogen-bond acceptors (Lipinski definition) is 2. The lowest BCUT2D eigenvalue weighted by Crippen LogP contribution is -2.50. The van der Waals surface area contributed by atoms with Crippen molar-refractivity contribution in [2.24, 2.45) is 5.92 Å². The summed E-state index contributed by atoms with van der Waals surface area (Å²) in [4.78, 5) is 12.2. The Bertz CT molecular complexity index is 227. The van der Waals surface area contributed by atoms with E-state index in [1.165, 1.54) is 0 Å². The van der Waals surface area contributed by atoms with E-state index in [9.17, 15) is 18.7 Å². The largest absolute Gasteiger partial charge is 0.391 e. The molecule has 0 aliphatic carbocycles. The summed E-state index contributed by atoms with van der Waals surface area (Å²) in [5.41, 5.74) is 0. The van der Waals surface area contributed by atoms with Crippen LogP contribution in [-0.4, -0.2) is 41.0 Å². The van der Waals surface area contributed by atoms with Crippen molar-refractivity contribution in [3.8, 4) is 0 Å². The van der Waals surface area contributed by atoms with Crippen molar-refractivity contribution in [3.63, 3.8) is 0 Å². The van der Waals surface area contributed by atoms with E-state index in [4.69, 9.17) is 0 Å². The molecule has 1 rings (SSSR count). The van der Waals surface area contributed by atoms with Crippen molar-refractivity contribution >= 4 is 5.91 Å². The number of carbonyl (C=O) groups is 1. The summed E-state index contributed by atoms with van der Waals surface area (Å²) in [6, 6.07) is 0. The van der Waals surface area contributed by atoms with Crippen LogP contribution in [0.1, 0.15) is 20.3 Å². The highest BCUT2D eigenvalue weighted by Crippen LogP contribution is 2.22. The van der Waals surface area contributed by atoms with Gasteiger partial charge in [0.1, 0.15) is 0 Å². The number of piperidine rings is 1. The summed E-state index contributed by atoms with van der Waals surface area (Å²) in [5.74, 6) is -4.45. The molecule has 1 aliphatic heterocycles. The molecule has 1 heterocycles. The average Bonchev–Trinajstić information content (AvgIpc) is 2.07. The Labute approximate surface area is 81.7 Å². The number of aliphatic hydroxyl groups is 1. The molecule has 0 radical (unpaired) electrons. The average molecular weight is 207 g/mol. The third-order valence-corrected chi connectivity index (χ3v) is 2.58. The lowest BCUT2D eigenvalue weighted by molar-refractivity contribution is -0.159. The Morgan fingerprint density at radius 3 is 2.57 bits per heavy atom. The van der Waals surface area contributed by atoms with E-state index in [0.29, 0.717) is 19.9 Å². The minimum atomic E-state index is -3.33. The Kier molecular flexibility index (Phi) is 3.09. The highest BCUT2D eigenvalue weighted by Gasteiger charge is 2.39. The summed E-state index contributed by atoms with van der Waals surface area (Å²) in [6.07, 6.45) is -0.113. The minimum Gasteiger partial charge on any atom is -0.391 e. The fraction of sp³-hybridized carbons (Fsp3) is 0.889. The molecule has 5 heteroatoms. The second kappa shape index (κ2) is 3.81.